The highest BCUT2D eigenvalue weighted by Crippen LogP contribution is 2.40. The van der Waals surface area contributed by atoms with Gasteiger partial charge >= 0.3 is 0 Å². The highest BCUT2D eigenvalue weighted by molar-refractivity contribution is 6.00. The van der Waals surface area contributed by atoms with Gasteiger partial charge in [0.15, 0.2) is 5.82 Å². The topological polar surface area (TPSA) is 67.7 Å². The van der Waals surface area contributed by atoms with E-state index in [1.807, 2.05) is 44.6 Å². The molecule has 2 aliphatic heterocycles. The van der Waals surface area contributed by atoms with Gasteiger partial charge in [-0.05, 0) is 36.8 Å². The van der Waals surface area contributed by atoms with Crippen molar-refractivity contribution in [2.24, 2.45) is 7.05 Å². The number of benzene rings is 2. The predicted molar refractivity (Wildman–Crippen MR) is 162 cm³/mol. The van der Waals surface area contributed by atoms with Crippen LogP contribution in [-0.2, 0) is 16.5 Å². The predicted octanol–water partition coefficient (Wildman–Crippen LogP) is 5.79. The van der Waals surface area contributed by atoms with E-state index in [2.05, 4.69) is 31.8 Å². The van der Waals surface area contributed by atoms with Crippen LogP contribution < -0.4 is 15.1 Å². The molecule has 2 aromatic carbocycles. The second kappa shape index (κ2) is 10.8. The zero-order valence-corrected chi connectivity index (χ0v) is 23.7. The lowest BCUT2D eigenvalue weighted by Crippen LogP contribution is -2.38. The van der Waals surface area contributed by atoms with Crippen molar-refractivity contribution in [1.29, 1.82) is 0 Å². The number of morpholine rings is 2. The first-order valence-corrected chi connectivity index (χ1v) is 14.2. The van der Waals surface area contributed by atoms with Gasteiger partial charge in [0.1, 0.15) is 11.6 Å². The summed E-state index contributed by atoms with van der Waals surface area (Å²) >= 11 is 0. The van der Waals surface area contributed by atoms with Crippen LogP contribution in [0.3, 0.4) is 0 Å². The molecule has 10 heteroatoms. The number of rotatable bonds is 5. The fourth-order valence-electron chi connectivity index (χ4n) is 5.97. The van der Waals surface area contributed by atoms with Crippen LogP contribution in [-0.4, -0.2) is 67.1 Å². The van der Waals surface area contributed by atoms with E-state index in [-0.39, 0.29) is 10.9 Å². The number of anilines is 4. The molecule has 2 aliphatic rings. The fourth-order valence-corrected chi connectivity index (χ4v) is 5.97. The Morgan fingerprint density at radius 2 is 1.62 bits per heavy atom. The first-order valence-electron chi connectivity index (χ1n) is 14.2. The van der Waals surface area contributed by atoms with Gasteiger partial charge in [0.05, 0.1) is 66.3 Å². The summed E-state index contributed by atoms with van der Waals surface area (Å²) in [5, 5.41) is 4.87. The van der Waals surface area contributed by atoms with Gasteiger partial charge in [-0.3, -0.25) is 0 Å². The van der Waals surface area contributed by atoms with E-state index < -0.39 is 11.6 Å². The molecule has 0 saturated carbocycles. The van der Waals surface area contributed by atoms with Crippen LogP contribution in [0.2, 0.25) is 0 Å². The monoisotopic (exact) mass is 570 g/mol. The second-order valence-corrected chi connectivity index (χ2v) is 10.8. The van der Waals surface area contributed by atoms with Crippen molar-refractivity contribution in [1.82, 2.24) is 14.5 Å². The molecule has 3 aromatic heterocycles. The molecule has 0 amide bonds. The summed E-state index contributed by atoms with van der Waals surface area (Å²) < 4.78 is 43.3. The summed E-state index contributed by atoms with van der Waals surface area (Å²) in [4.78, 5) is 14.1. The van der Waals surface area contributed by atoms with Gasteiger partial charge in [-0.1, -0.05) is 6.07 Å². The lowest BCUT2D eigenvalue weighted by molar-refractivity contribution is 0.122. The Morgan fingerprint density at radius 1 is 0.881 bits per heavy atom. The molecule has 1 N–H and O–H groups in total. The standard InChI is InChI=1S/C32H32F2N6O2/c1-20-30(22-3-4-28-21(15-22)5-6-38(28)2)36-26-17-23(33)16-25(34)29(26)31(20)37-27-18-24(39-7-11-41-12-8-39)19-35-32(27)40-9-13-42-14-10-40/h3-6,15-19H,7-14H2,1-2H3,(H,36,37). The largest absolute Gasteiger partial charge is 0.378 e. The van der Waals surface area contributed by atoms with Crippen LogP contribution in [0.15, 0.2) is 54.9 Å². The van der Waals surface area contributed by atoms with Gasteiger partial charge in [-0.15, -0.1) is 0 Å². The summed E-state index contributed by atoms with van der Waals surface area (Å²) in [5.41, 5.74) is 5.85. The van der Waals surface area contributed by atoms with Gasteiger partial charge in [0, 0.05) is 68.0 Å². The third-order valence-electron chi connectivity index (χ3n) is 8.20. The van der Waals surface area contributed by atoms with Crippen LogP contribution in [0.4, 0.5) is 31.7 Å². The van der Waals surface area contributed by atoms with E-state index in [0.717, 1.165) is 58.4 Å². The van der Waals surface area contributed by atoms with Gasteiger partial charge in [-0.25, -0.2) is 18.7 Å². The summed E-state index contributed by atoms with van der Waals surface area (Å²) in [6, 6.07) is 12.4. The molecule has 5 aromatic rings. The molecule has 0 unspecified atom stereocenters. The van der Waals surface area contributed by atoms with Gasteiger partial charge in [0.25, 0.3) is 0 Å². The number of aromatic nitrogens is 3. The molecule has 8 nitrogen and oxygen atoms in total. The van der Waals surface area contributed by atoms with Crippen molar-refractivity contribution in [3.8, 4) is 11.3 Å². The van der Waals surface area contributed by atoms with E-state index in [4.69, 9.17) is 19.4 Å². The first kappa shape index (κ1) is 26.6. The zero-order valence-electron chi connectivity index (χ0n) is 23.7. The van der Waals surface area contributed by atoms with Crippen molar-refractivity contribution >= 4 is 44.7 Å². The van der Waals surface area contributed by atoms with Gasteiger partial charge in [-0.2, -0.15) is 0 Å². The average molecular weight is 571 g/mol. The maximum Gasteiger partial charge on any atom is 0.152 e. The third-order valence-corrected chi connectivity index (χ3v) is 8.20. The molecule has 42 heavy (non-hydrogen) atoms. The number of nitrogens with one attached hydrogen (secondary N) is 1. The minimum atomic E-state index is -0.670. The minimum Gasteiger partial charge on any atom is -0.378 e. The Labute approximate surface area is 242 Å². The fraction of sp³-hybridized carbons (Fsp3) is 0.312. The molecular weight excluding hydrogens is 538 g/mol. The second-order valence-electron chi connectivity index (χ2n) is 10.8. The van der Waals surface area contributed by atoms with Crippen molar-refractivity contribution in [2.45, 2.75) is 6.92 Å². The molecule has 2 saturated heterocycles. The van der Waals surface area contributed by atoms with E-state index in [1.54, 1.807) is 0 Å². The zero-order chi connectivity index (χ0) is 28.8. The van der Waals surface area contributed by atoms with Gasteiger partial charge < -0.3 is 29.2 Å². The lowest BCUT2D eigenvalue weighted by Gasteiger charge is -2.32. The van der Waals surface area contributed by atoms with Crippen LogP contribution in [0.1, 0.15) is 5.56 Å². The van der Waals surface area contributed by atoms with E-state index in [0.29, 0.717) is 50.9 Å². The number of pyridine rings is 2. The number of hydrogen-bond donors (Lipinski definition) is 1. The summed E-state index contributed by atoms with van der Waals surface area (Å²) in [7, 11) is 2.00. The summed E-state index contributed by atoms with van der Waals surface area (Å²) in [5.74, 6) is -0.579. The van der Waals surface area contributed by atoms with E-state index in [1.165, 1.54) is 6.07 Å². The Kier molecular flexibility index (Phi) is 6.87. The Morgan fingerprint density at radius 3 is 2.38 bits per heavy atom. The van der Waals surface area contributed by atoms with Crippen LogP contribution in [0, 0.1) is 18.6 Å². The molecule has 0 radical (unpaired) electrons. The lowest BCUT2D eigenvalue weighted by atomic mass is 10.00. The molecule has 0 spiro atoms. The molecule has 5 heterocycles. The number of hydrogen-bond acceptors (Lipinski definition) is 7. The molecule has 0 atom stereocenters. The van der Waals surface area contributed by atoms with Crippen molar-refractivity contribution in [3.05, 3.63) is 72.1 Å². The van der Waals surface area contributed by atoms with Gasteiger partial charge in [0.2, 0.25) is 0 Å². The van der Waals surface area contributed by atoms with Crippen LogP contribution in [0.25, 0.3) is 33.1 Å². The number of fused-ring (bicyclic) bond motifs is 2. The van der Waals surface area contributed by atoms with E-state index in [9.17, 15) is 4.39 Å². The first-order chi connectivity index (χ1) is 20.5. The van der Waals surface area contributed by atoms with Crippen LogP contribution in [0.5, 0.6) is 0 Å². The third kappa shape index (κ3) is 4.80. The number of aryl methyl sites for hydroxylation is 1. The number of nitrogens with zero attached hydrogens (tertiary/aromatic N) is 5. The average Bonchev–Trinajstić information content (AvgIpc) is 3.38. The maximum atomic E-state index is 15.6. The molecule has 0 aliphatic carbocycles. The normalized spacial score (nSPS) is 16.0. The summed E-state index contributed by atoms with van der Waals surface area (Å²) in [6.07, 6.45) is 3.89. The highest BCUT2D eigenvalue weighted by Gasteiger charge is 2.23. The van der Waals surface area contributed by atoms with Crippen molar-refractivity contribution in [3.63, 3.8) is 0 Å². The molecule has 2 fully saturated rings. The smallest absolute Gasteiger partial charge is 0.152 e. The number of ether oxygens (including phenoxy) is 2. The van der Waals surface area contributed by atoms with Crippen molar-refractivity contribution < 1.29 is 18.3 Å². The SMILES string of the molecule is Cc1c(-c2ccc3c(ccn3C)c2)nc2cc(F)cc(F)c2c1Nc1cc(N2CCOCC2)cnc1N1CCOCC1. The Balaban J connectivity index is 1.40. The minimum absolute atomic E-state index is 0.239. The Bertz CT molecular complexity index is 1790. The summed E-state index contributed by atoms with van der Waals surface area (Å²) in [6.45, 7) is 7.32. The quantitative estimate of drug-likeness (QED) is 0.287. The van der Waals surface area contributed by atoms with Crippen LogP contribution >= 0.6 is 0 Å². The van der Waals surface area contributed by atoms with E-state index >= 15 is 4.39 Å². The highest BCUT2D eigenvalue weighted by atomic mass is 19.1. The maximum absolute atomic E-state index is 15.6. The van der Waals surface area contributed by atoms with Crippen molar-refractivity contribution in [2.75, 3.05) is 67.7 Å². The Hall–Kier alpha value is -4.28. The molecule has 7 rings (SSSR count). The molecule has 216 valence electrons. The molecule has 0 bridgehead atoms. The molecular formula is C32H32F2N6O2. The number of halogens is 2.